The number of carboxylic acid groups (broad SMARTS) is 1. The van der Waals surface area contributed by atoms with Crippen molar-refractivity contribution in [3.63, 3.8) is 0 Å². The molecule has 0 aromatic rings. The van der Waals surface area contributed by atoms with Gasteiger partial charge in [-0.25, -0.2) is 4.79 Å². The van der Waals surface area contributed by atoms with Gasteiger partial charge in [0.2, 0.25) is 17.7 Å². The summed E-state index contributed by atoms with van der Waals surface area (Å²) in [5, 5.41) is 72.4. The van der Waals surface area contributed by atoms with Crippen LogP contribution < -0.4 is 16.0 Å². The minimum absolute atomic E-state index is 0.0176. The summed E-state index contributed by atoms with van der Waals surface area (Å²) in [5.74, 6) is -3.63. The molecule has 4 aliphatic rings. The number of rotatable bonds is 23. The summed E-state index contributed by atoms with van der Waals surface area (Å²) in [6.07, 6.45) is -10.2. The molecular formula is C44H77N3O17. The molecule has 12 unspecified atom stereocenters. The first-order valence-corrected chi connectivity index (χ1v) is 23.1. The first-order chi connectivity index (χ1) is 30.2. The van der Waals surface area contributed by atoms with Crippen LogP contribution in [0, 0.1) is 17.8 Å². The van der Waals surface area contributed by atoms with Crippen molar-refractivity contribution in [2.75, 3.05) is 32.9 Å². The van der Waals surface area contributed by atoms with Crippen LogP contribution in [0.4, 0.5) is 0 Å². The molecular weight excluding hydrogens is 842 g/mol. The molecule has 9 N–H and O–H groups in total. The number of aliphatic hydroxyl groups excluding tert-OH is 5. The molecule has 20 nitrogen and oxygen atoms in total. The monoisotopic (exact) mass is 920 g/mol. The van der Waals surface area contributed by atoms with E-state index in [1.165, 1.54) is 13.8 Å². The average Bonchev–Trinajstić information content (AvgIpc) is 3.24. The predicted molar refractivity (Wildman–Crippen MR) is 227 cm³/mol. The van der Waals surface area contributed by atoms with E-state index in [4.69, 9.17) is 33.2 Å². The number of hydrogen-bond acceptors (Lipinski definition) is 16. The topological polar surface area (TPSA) is 290 Å². The molecule has 2 aliphatic carbocycles. The van der Waals surface area contributed by atoms with E-state index in [-0.39, 0.29) is 62.8 Å². The van der Waals surface area contributed by atoms with Crippen molar-refractivity contribution in [1.29, 1.82) is 0 Å². The Hall–Kier alpha value is -2.60. The van der Waals surface area contributed by atoms with E-state index in [9.17, 15) is 49.8 Å². The van der Waals surface area contributed by atoms with E-state index in [1.54, 1.807) is 0 Å². The highest BCUT2D eigenvalue weighted by Gasteiger charge is 2.53. The van der Waals surface area contributed by atoms with Crippen molar-refractivity contribution >= 4 is 23.7 Å². The van der Waals surface area contributed by atoms with Gasteiger partial charge < -0.3 is 79.7 Å². The number of aliphatic hydroxyl groups is 5. The van der Waals surface area contributed by atoms with E-state index in [0.717, 1.165) is 32.1 Å². The molecule has 2 aliphatic heterocycles. The molecule has 4 fully saturated rings. The number of carbonyl (C=O) groups is 4. The second kappa shape index (κ2) is 25.5. The van der Waals surface area contributed by atoms with E-state index in [2.05, 4.69) is 16.0 Å². The van der Waals surface area contributed by atoms with E-state index >= 15 is 0 Å². The zero-order valence-corrected chi connectivity index (χ0v) is 38.6. The Bertz CT molecular complexity index is 1470. The minimum atomic E-state index is -1.67. The summed E-state index contributed by atoms with van der Waals surface area (Å²) in [5.41, 5.74) is -0.592. The fraction of sp³-hybridized carbons (Fsp3) is 0.909. The molecule has 2 saturated carbocycles. The van der Waals surface area contributed by atoms with Crippen molar-refractivity contribution in [1.82, 2.24) is 16.0 Å². The largest absolute Gasteiger partial charge is 0.479 e. The lowest BCUT2D eigenvalue weighted by molar-refractivity contribution is -0.338. The first-order valence-electron chi connectivity index (χ1n) is 23.1. The Labute approximate surface area is 376 Å². The fourth-order valence-corrected chi connectivity index (χ4v) is 9.03. The second-order valence-electron chi connectivity index (χ2n) is 18.8. The van der Waals surface area contributed by atoms with Gasteiger partial charge in [0.1, 0.15) is 49.3 Å². The van der Waals surface area contributed by atoms with Crippen LogP contribution in [0.1, 0.15) is 113 Å². The maximum atomic E-state index is 13.9. The van der Waals surface area contributed by atoms with Crippen molar-refractivity contribution in [2.45, 2.75) is 204 Å². The van der Waals surface area contributed by atoms with Crippen LogP contribution in [-0.2, 0) is 52.3 Å². The SMILES string of the molecule is CCC1CC(C(=O)NCCNC(=O)COC(C)(C)CCOC(C)C)CC(O[C@@H]2O[C@@H](CO)C(O)C(O[C@@H](CC3CCCCC3)C(=O)O)C2NC(C)=O)C1OC1OC(C)C(O)C(O)C1O. The number of amides is 3. The number of carbonyl (C=O) groups excluding carboxylic acids is 3. The quantitative estimate of drug-likeness (QED) is 0.0621. The maximum Gasteiger partial charge on any atom is 0.332 e. The summed E-state index contributed by atoms with van der Waals surface area (Å²) < 4.78 is 42.5. The van der Waals surface area contributed by atoms with Crippen LogP contribution >= 0.6 is 0 Å². The molecule has 20 heteroatoms. The summed E-state index contributed by atoms with van der Waals surface area (Å²) in [6.45, 7) is 12.0. The van der Waals surface area contributed by atoms with Crippen LogP contribution in [0.15, 0.2) is 0 Å². The highest BCUT2D eigenvalue weighted by molar-refractivity contribution is 5.79. The minimum Gasteiger partial charge on any atom is -0.479 e. The fourth-order valence-electron chi connectivity index (χ4n) is 9.03. The third kappa shape index (κ3) is 15.8. The molecule has 4 rings (SSSR count). The third-order valence-corrected chi connectivity index (χ3v) is 12.8. The average molecular weight is 920 g/mol. The summed E-state index contributed by atoms with van der Waals surface area (Å²) >= 11 is 0. The van der Waals surface area contributed by atoms with Crippen LogP contribution in [0.3, 0.4) is 0 Å². The molecule has 64 heavy (non-hydrogen) atoms. The highest BCUT2D eigenvalue weighted by atomic mass is 16.7. The molecule has 0 aromatic heterocycles. The van der Waals surface area contributed by atoms with E-state index in [0.29, 0.717) is 19.4 Å². The molecule has 0 radical (unpaired) electrons. The van der Waals surface area contributed by atoms with Crippen molar-refractivity contribution in [3.05, 3.63) is 0 Å². The molecule has 0 spiro atoms. The number of carboxylic acids is 1. The Morgan fingerprint density at radius 3 is 2.17 bits per heavy atom. The van der Waals surface area contributed by atoms with Gasteiger partial charge in [0.25, 0.3) is 0 Å². The molecule has 2 saturated heterocycles. The summed E-state index contributed by atoms with van der Waals surface area (Å²) in [4.78, 5) is 51.8. The van der Waals surface area contributed by atoms with Crippen molar-refractivity contribution in [2.24, 2.45) is 17.8 Å². The lowest BCUT2D eigenvalue weighted by Crippen LogP contribution is -2.67. The van der Waals surface area contributed by atoms with Gasteiger partial charge in [-0.15, -0.1) is 0 Å². The van der Waals surface area contributed by atoms with Gasteiger partial charge >= 0.3 is 5.97 Å². The van der Waals surface area contributed by atoms with Crippen LogP contribution in [0.2, 0.25) is 0 Å². The van der Waals surface area contributed by atoms with E-state index in [1.807, 2.05) is 34.6 Å². The van der Waals surface area contributed by atoms with Crippen LogP contribution in [0.5, 0.6) is 0 Å². The Morgan fingerprint density at radius 1 is 0.859 bits per heavy atom. The van der Waals surface area contributed by atoms with Gasteiger partial charge in [-0.2, -0.15) is 0 Å². The Kier molecular flexibility index (Phi) is 21.5. The second-order valence-corrected chi connectivity index (χ2v) is 18.8. The molecule has 3 amide bonds. The summed E-state index contributed by atoms with van der Waals surface area (Å²) in [7, 11) is 0. The molecule has 0 bridgehead atoms. The van der Waals surface area contributed by atoms with Crippen LogP contribution in [-0.4, -0.2) is 179 Å². The standard InChI is InChI=1S/C44H77N3O17/c1-8-27-19-28(40(55)46-16-15-45-32(50)22-59-44(6,7)14-17-58-23(2)3)20-29(38(27)64-43-37(54)36(53)34(51)24(4)60-43)62-42-33(47-25(5)49)39(35(52)31(21-48)63-42)61-30(41(56)57)18-26-12-10-9-11-13-26/h23-24,26-31,33-39,42-43,48,51-54H,8-22H2,1-7H3,(H,45,50)(H,46,55)(H,47,49)(H,56,57)/t24?,27?,28?,29?,30-,31-,33?,34?,35?,36?,37?,38?,39?,42+,43?/m0/s1. The molecule has 15 atom stereocenters. The van der Waals surface area contributed by atoms with Crippen molar-refractivity contribution in [3.8, 4) is 0 Å². The third-order valence-electron chi connectivity index (χ3n) is 12.8. The van der Waals surface area contributed by atoms with Gasteiger partial charge in [0.15, 0.2) is 18.7 Å². The van der Waals surface area contributed by atoms with Gasteiger partial charge in [0.05, 0.1) is 36.6 Å². The van der Waals surface area contributed by atoms with Gasteiger partial charge in [-0.05, 0) is 72.1 Å². The molecule has 370 valence electrons. The van der Waals surface area contributed by atoms with E-state index < -0.39 is 116 Å². The Morgan fingerprint density at radius 2 is 1.55 bits per heavy atom. The zero-order chi connectivity index (χ0) is 47.3. The van der Waals surface area contributed by atoms with Crippen molar-refractivity contribution < 1.29 is 83.0 Å². The number of hydrogen-bond donors (Lipinski definition) is 9. The summed E-state index contributed by atoms with van der Waals surface area (Å²) in [6, 6.07) is -1.32. The van der Waals surface area contributed by atoms with Crippen LogP contribution in [0.25, 0.3) is 0 Å². The highest BCUT2D eigenvalue weighted by Crippen LogP contribution is 2.40. The number of aliphatic carboxylic acids is 1. The van der Waals surface area contributed by atoms with Gasteiger partial charge in [0, 0.05) is 32.5 Å². The van der Waals surface area contributed by atoms with Gasteiger partial charge in [-0.1, -0.05) is 45.4 Å². The molecule has 0 aromatic carbocycles. The predicted octanol–water partition coefficient (Wildman–Crippen LogP) is 0.255. The normalized spacial score (nSPS) is 34.5. The molecule has 2 heterocycles. The Balaban J connectivity index is 1.54. The number of nitrogens with one attached hydrogen (secondary N) is 3. The zero-order valence-electron chi connectivity index (χ0n) is 38.6. The van der Waals surface area contributed by atoms with Gasteiger partial charge in [-0.3, -0.25) is 14.4 Å². The lowest BCUT2D eigenvalue weighted by atomic mass is 9.75. The number of ether oxygens (including phenoxy) is 7. The smallest absolute Gasteiger partial charge is 0.332 e. The lowest BCUT2D eigenvalue weighted by Gasteiger charge is -2.49. The maximum absolute atomic E-state index is 13.9. The first kappa shape index (κ1) is 54.0.